The Morgan fingerprint density at radius 2 is 1.92 bits per heavy atom. The van der Waals surface area contributed by atoms with Crippen molar-refractivity contribution >= 4 is 40.2 Å². The molecule has 0 N–H and O–H groups in total. The summed E-state index contributed by atoms with van der Waals surface area (Å²) in [6, 6.07) is 14.6. The lowest BCUT2D eigenvalue weighted by Crippen LogP contribution is -2.25. The van der Waals surface area contributed by atoms with Crippen LogP contribution in [0.2, 0.25) is 5.02 Å². The summed E-state index contributed by atoms with van der Waals surface area (Å²) in [5, 5.41) is 1.38. The van der Waals surface area contributed by atoms with Gasteiger partial charge in [0, 0.05) is 11.4 Å². The van der Waals surface area contributed by atoms with E-state index in [2.05, 4.69) is 4.98 Å². The van der Waals surface area contributed by atoms with E-state index in [0.29, 0.717) is 40.7 Å². The molecule has 1 saturated heterocycles. The number of ether oxygens (including phenoxy) is 1. The van der Waals surface area contributed by atoms with Gasteiger partial charge in [-0.3, -0.25) is 14.2 Å². The van der Waals surface area contributed by atoms with Gasteiger partial charge in [0.05, 0.1) is 24.1 Å². The number of carbonyl (C=O) groups is 1. The molecule has 0 bridgehead atoms. The van der Waals surface area contributed by atoms with Gasteiger partial charge < -0.3 is 4.74 Å². The van der Waals surface area contributed by atoms with Gasteiger partial charge in [-0.1, -0.05) is 47.6 Å². The molecular weight excluding hydrogens is 372 g/mol. The van der Waals surface area contributed by atoms with Gasteiger partial charge in [-0.2, -0.15) is 0 Å². The van der Waals surface area contributed by atoms with E-state index >= 15 is 0 Å². The number of nitrogens with zero attached hydrogens (tertiary/aromatic N) is 2. The van der Waals surface area contributed by atoms with Crippen molar-refractivity contribution in [1.82, 2.24) is 9.55 Å². The van der Waals surface area contributed by atoms with Gasteiger partial charge in [0.25, 0.3) is 5.56 Å². The van der Waals surface area contributed by atoms with Crippen molar-refractivity contribution in [3.8, 4) is 0 Å². The highest BCUT2D eigenvalue weighted by molar-refractivity contribution is 8.00. The third-order valence-electron chi connectivity index (χ3n) is 4.22. The summed E-state index contributed by atoms with van der Waals surface area (Å²) in [6.45, 7) is 0.767. The topological polar surface area (TPSA) is 61.2 Å². The molecule has 0 aliphatic carbocycles. The highest BCUT2D eigenvalue weighted by Gasteiger charge is 2.29. The Morgan fingerprint density at radius 1 is 1.15 bits per heavy atom. The molecule has 26 heavy (non-hydrogen) atoms. The second kappa shape index (κ2) is 7.13. The summed E-state index contributed by atoms with van der Waals surface area (Å²) >= 11 is 7.24. The number of hydrogen-bond acceptors (Lipinski definition) is 5. The van der Waals surface area contributed by atoms with Crippen LogP contribution >= 0.6 is 23.4 Å². The minimum Gasteiger partial charge on any atom is -0.465 e. The summed E-state index contributed by atoms with van der Waals surface area (Å²) in [5.41, 5.74) is 1.43. The summed E-state index contributed by atoms with van der Waals surface area (Å²) in [4.78, 5) is 29.5. The lowest BCUT2D eigenvalue weighted by Gasteiger charge is -2.14. The van der Waals surface area contributed by atoms with E-state index in [0.717, 1.165) is 5.56 Å². The molecule has 1 aliphatic heterocycles. The Balaban J connectivity index is 1.80. The number of cyclic esters (lactones) is 1. The summed E-state index contributed by atoms with van der Waals surface area (Å²) in [6.07, 6.45) is 0.618. The van der Waals surface area contributed by atoms with Crippen LogP contribution in [0.4, 0.5) is 0 Å². The van der Waals surface area contributed by atoms with Crippen LogP contribution in [0.3, 0.4) is 0 Å². The van der Waals surface area contributed by atoms with Crippen LogP contribution in [0.1, 0.15) is 12.0 Å². The Bertz CT molecular complexity index is 1030. The molecule has 1 aromatic heterocycles. The largest absolute Gasteiger partial charge is 0.465 e. The molecule has 0 unspecified atom stereocenters. The predicted octanol–water partition coefficient (Wildman–Crippen LogP) is 3.51. The highest BCUT2D eigenvalue weighted by atomic mass is 35.5. The van der Waals surface area contributed by atoms with Crippen molar-refractivity contribution in [2.45, 2.75) is 23.4 Å². The number of carbonyl (C=O) groups excluding carboxylic acids is 1. The van der Waals surface area contributed by atoms with Crippen LogP contribution < -0.4 is 5.56 Å². The molecular formula is C19H15ClN2O3S. The molecule has 2 aromatic carbocycles. The number of esters is 1. The Morgan fingerprint density at radius 3 is 2.65 bits per heavy atom. The minimum atomic E-state index is -0.334. The van der Waals surface area contributed by atoms with Crippen LogP contribution in [0.25, 0.3) is 10.9 Å². The van der Waals surface area contributed by atoms with E-state index in [9.17, 15) is 9.59 Å². The first-order valence-corrected chi connectivity index (χ1v) is 9.45. The quantitative estimate of drug-likeness (QED) is 0.507. The normalized spacial score (nSPS) is 16.8. The van der Waals surface area contributed by atoms with Crippen LogP contribution in [0.5, 0.6) is 0 Å². The van der Waals surface area contributed by atoms with Crippen LogP contribution in [-0.2, 0) is 16.1 Å². The van der Waals surface area contributed by atoms with E-state index in [1.165, 1.54) is 11.8 Å². The predicted molar refractivity (Wildman–Crippen MR) is 102 cm³/mol. The maximum atomic E-state index is 13.0. The average molecular weight is 387 g/mol. The summed E-state index contributed by atoms with van der Waals surface area (Å²) in [5.74, 6) is -0.254. The number of para-hydroxylation sites is 1. The van der Waals surface area contributed by atoms with Crippen LogP contribution in [0.15, 0.2) is 58.5 Å². The lowest BCUT2D eigenvalue weighted by molar-refractivity contribution is -0.137. The Labute approximate surface area is 159 Å². The third-order valence-corrected chi connectivity index (χ3v) is 5.70. The maximum Gasteiger partial charge on any atom is 0.319 e. The number of aromatic nitrogens is 2. The molecule has 7 heteroatoms. The number of hydrogen-bond donors (Lipinski definition) is 0. The first-order chi connectivity index (χ1) is 12.6. The molecule has 2 heterocycles. The van der Waals surface area contributed by atoms with Gasteiger partial charge in [0.15, 0.2) is 5.16 Å². The monoisotopic (exact) mass is 386 g/mol. The van der Waals surface area contributed by atoms with Crippen molar-refractivity contribution in [3.05, 3.63) is 69.5 Å². The van der Waals surface area contributed by atoms with Gasteiger partial charge in [0.1, 0.15) is 5.25 Å². The van der Waals surface area contributed by atoms with Crippen molar-refractivity contribution in [1.29, 1.82) is 0 Å². The summed E-state index contributed by atoms with van der Waals surface area (Å²) < 4.78 is 6.65. The highest BCUT2D eigenvalue weighted by Crippen LogP contribution is 2.29. The molecule has 1 aliphatic rings. The number of halogens is 1. The number of thioether (sulfide) groups is 1. The second-order valence-electron chi connectivity index (χ2n) is 5.99. The van der Waals surface area contributed by atoms with Gasteiger partial charge in [0.2, 0.25) is 0 Å². The minimum absolute atomic E-state index is 0.126. The van der Waals surface area contributed by atoms with E-state index < -0.39 is 0 Å². The van der Waals surface area contributed by atoms with Crippen LogP contribution in [-0.4, -0.2) is 27.4 Å². The third kappa shape index (κ3) is 3.34. The van der Waals surface area contributed by atoms with Gasteiger partial charge in [-0.25, -0.2) is 4.98 Å². The van der Waals surface area contributed by atoms with Gasteiger partial charge in [-0.15, -0.1) is 0 Å². The fourth-order valence-electron chi connectivity index (χ4n) is 2.86. The standard InChI is InChI=1S/C19H15ClN2O3S/c20-13-7-5-12(6-8-13)11-22-17(23)14-3-1-2-4-15(14)21-19(22)26-16-9-10-25-18(16)24/h1-8,16H,9-11H2/t16-/m1/s1. The number of fused-ring (bicyclic) bond motifs is 1. The fourth-order valence-corrected chi connectivity index (χ4v) is 4.05. The van der Waals surface area contributed by atoms with Crippen molar-refractivity contribution in [3.63, 3.8) is 0 Å². The van der Waals surface area contributed by atoms with Crippen molar-refractivity contribution < 1.29 is 9.53 Å². The molecule has 132 valence electrons. The Hall–Kier alpha value is -2.31. The van der Waals surface area contributed by atoms with E-state index in [-0.39, 0.29) is 16.8 Å². The van der Waals surface area contributed by atoms with Gasteiger partial charge in [-0.05, 0) is 29.8 Å². The molecule has 0 spiro atoms. The van der Waals surface area contributed by atoms with E-state index in [4.69, 9.17) is 16.3 Å². The Kier molecular flexibility index (Phi) is 4.70. The van der Waals surface area contributed by atoms with E-state index in [1.54, 1.807) is 28.8 Å². The first kappa shape index (κ1) is 17.1. The molecule has 1 atom stereocenters. The van der Waals surface area contributed by atoms with Crippen LogP contribution in [0, 0.1) is 0 Å². The molecule has 5 nitrogen and oxygen atoms in total. The molecule has 0 radical (unpaired) electrons. The zero-order chi connectivity index (χ0) is 18.1. The smallest absolute Gasteiger partial charge is 0.319 e. The number of benzene rings is 2. The molecule has 0 amide bonds. The summed E-state index contributed by atoms with van der Waals surface area (Å²) in [7, 11) is 0. The number of rotatable bonds is 4. The SMILES string of the molecule is O=C1OCC[C@H]1Sc1nc2ccccc2c(=O)n1Cc1ccc(Cl)cc1. The zero-order valence-corrected chi connectivity index (χ0v) is 15.3. The maximum absolute atomic E-state index is 13.0. The van der Waals surface area contributed by atoms with Crippen molar-refractivity contribution in [2.75, 3.05) is 6.61 Å². The zero-order valence-electron chi connectivity index (χ0n) is 13.7. The molecule has 1 fully saturated rings. The van der Waals surface area contributed by atoms with Crippen molar-refractivity contribution in [2.24, 2.45) is 0 Å². The average Bonchev–Trinajstić information content (AvgIpc) is 3.05. The van der Waals surface area contributed by atoms with Gasteiger partial charge >= 0.3 is 5.97 Å². The molecule has 4 rings (SSSR count). The first-order valence-electron chi connectivity index (χ1n) is 8.19. The fraction of sp³-hybridized carbons (Fsp3) is 0.211. The molecule has 3 aromatic rings. The second-order valence-corrected chi connectivity index (χ2v) is 7.60. The lowest BCUT2D eigenvalue weighted by atomic mass is 10.2. The van der Waals surface area contributed by atoms with E-state index in [1.807, 2.05) is 24.3 Å². The molecule has 0 saturated carbocycles.